The number of piperidine rings is 1. The molecule has 2 heterocycles. The maximum atomic E-state index is 13.6. The molecule has 4 rings (SSSR count). The average molecular weight is 450 g/mol. The van der Waals surface area contributed by atoms with Crippen LogP contribution in [-0.4, -0.2) is 39.3 Å². The van der Waals surface area contributed by atoms with E-state index < -0.39 is 17.2 Å². The molecule has 172 valence electrons. The van der Waals surface area contributed by atoms with Gasteiger partial charge in [-0.25, -0.2) is 9.59 Å². The Balaban J connectivity index is 1.81. The number of nitrogens with zero attached hydrogens (tertiary/aromatic N) is 3. The molecule has 0 radical (unpaired) electrons. The second-order valence-electron chi connectivity index (χ2n) is 8.35. The summed E-state index contributed by atoms with van der Waals surface area (Å²) in [7, 11) is 0. The van der Waals surface area contributed by atoms with Crippen LogP contribution in [0.25, 0.3) is 0 Å². The number of aromatic carboxylic acids is 1. The molecule has 0 unspecified atom stereocenters. The van der Waals surface area contributed by atoms with Crippen molar-refractivity contribution in [1.29, 1.82) is 0 Å². The number of nitrogens with two attached hydrogens (primary N) is 2. The van der Waals surface area contributed by atoms with E-state index in [1.807, 2.05) is 23.1 Å². The molecule has 1 fully saturated rings. The van der Waals surface area contributed by atoms with Crippen LogP contribution in [0.2, 0.25) is 0 Å². The van der Waals surface area contributed by atoms with Crippen molar-refractivity contribution in [2.24, 2.45) is 5.73 Å². The lowest BCUT2D eigenvalue weighted by atomic mass is 10.1. The molecular weight excluding hydrogens is 422 g/mol. The summed E-state index contributed by atoms with van der Waals surface area (Å²) in [6.07, 6.45) is 1.76. The van der Waals surface area contributed by atoms with Crippen molar-refractivity contribution in [3.8, 4) is 0 Å². The molecule has 0 aliphatic carbocycles. The van der Waals surface area contributed by atoms with Gasteiger partial charge in [-0.3, -0.25) is 13.9 Å². The van der Waals surface area contributed by atoms with Gasteiger partial charge in [0.1, 0.15) is 5.82 Å². The molecule has 0 amide bonds. The fourth-order valence-electron chi connectivity index (χ4n) is 4.21. The molecule has 9 heteroatoms. The van der Waals surface area contributed by atoms with Crippen LogP contribution in [0.15, 0.2) is 64.2 Å². The third-order valence-corrected chi connectivity index (χ3v) is 5.94. The van der Waals surface area contributed by atoms with Crippen LogP contribution >= 0.6 is 0 Å². The molecular formula is C24H27N5O4. The number of benzene rings is 2. The number of carboxylic acids is 1. The van der Waals surface area contributed by atoms with Crippen molar-refractivity contribution >= 4 is 17.5 Å². The molecule has 9 nitrogen and oxygen atoms in total. The summed E-state index contributed by atoms with van der Waals surface area (Å²) >= 11 is 0. The minimum Gasteiger partial charge on any atom is -0.478 e. The number of carbonyl (C=O) groups is 1. The van der Waals surface area contributed by atoms with Crippen molar-refractivity contribution in [3.05, 3.63) is 92.1 Å². The third kappa shape index (κ3) is 4.83. The number of anilines is 2. The van der Waals surface area contributed by atoms with Crippen LogP contribution < -0.4 is 27.6 Å². The second-order valence-corrected chi connectivity index (χ2v) is 8.35. The summed E-state index contributed by atoms with van der Waals surface area (Å²) in [5.74, 6) is -0.558. The smallest absolute Gasteiger partial charge is 0.335 e. The number of hydrogen-bond acceptors (Lipinski definition) is 6. The Morgan fingerprint density at radius 3 is 2.55 bits per heavy atom. The zero-order chi connectivity index (χ0) is 23.5. The van der Waals surface area contributed by atoms with Gasteiger partial charge >= 0.3 is 11.7 Å². The van der Waals surface area contributed by atoms with E-state index in [0.717, 1.165) is 23.0 Å². The molecule has 1 saturated heterocycles. The molecule has 5 N–H and O–H groups in total. The lowest BCUT2D eigenvalue weighted by Crippen LogP contribution is -2.48. The van der Waals surface area contributed by atoms with Gasteiger partial charge < -0.3 is 21.5 Å². The van der Waals surface area contributed by atoms with Crippen molar-refractivity contribution in [2.45, 2.75) is 32.0 Å². The van der Waals surface area contributed by atoms with Crippen LogP contribution in [0.3, 0.4) is 0 Å². The van der Waals surface area contributed by atoms with Gasteiger partial charge in [-0.05, 0) is 42.2 Å². The first kappa shape index (κ1) is 22.3. The summed E-state index contributed by atoms with van der Waals surface area (Å²) in [4.78, 5) is 39.9. The van der Waals surface area contributed by atoms with Crippen molar-refractivity contribution in [3.63, 3.8) is 0 Å². The normalized spacial score (nSPS) is 16.0. The molecule has 1 aromatic heterocycles. The quantitative estimate of drug-likeness (QED) is 0.483. The summed E-state index contributed by atoms with van der Waals surface area (Å²) in [6.45, 7) is 1.40. The number of aromatic nitrogens is 2. The number of rotatable bonds is 6. The molecule has 1 atom stereocenters. The molecule has 2 aromatic carbocycles. The predicted molar refractivity (Wildman–Crippen MR) is 127 cm³/mol. The highest BCUT2D eigenvalue weighted by atomic mass is 16.4. The molecule has 1 aliphatic heterocycles. The standard InChI is InChI=1S/C24H27N5O4/c25-19-8-4-10-27(15-19)21-12-22(30)29(13-16-5-3-7-17(11-16)23(31)32)24(33)28(21)14-18-6-1-2-9-20(18)26/h1-3,5-7,9,11-12,19H,4,8,10,13-15,25-26H2,(H,31,32)/t19-/m1/s1. The highest BCUT2D eigenvalue weighted by Gasteiger charge is 2.22. The predicted octanol–water partition coefficient (Wildman–Crippen LogP) is 1.31. The van der Waals surface area contributed by atoms with E-state index in [4.69, 9.17) is 11.5 Å². The van der Waals surface area contributed by atoms with Crippen LogP contribution in [0.1, 0.15) is 34.3 Å². The van der Waals surface area contributed by atoms with Crippen LogP contribution in [0.5, 0.6) is 0 Å². The molecule has 3 aromatic rings. The van der Waals surface area contributed by atoms with Crippen molar-refractivity contribution in [1.82, 2.24) is 9.13 Å². The van der Waals surface area contributed by atoms with E-state index in [1.54, 1.807) is 22.8 Å². The van der Waals surface area contributed by atoms with Crippen LogP contribution in [0.4, 0.5) is 11.5 Å². The first-order valence-corrected chi connectivity index (χ1v) is 10.8. The Morgan fingerprint density at radius 1 is 1.03 bits per heavy atom. The molecule has 0 saturated carbocycles. The zero-order valence-electron chi connectivity index (χ0n) is 18.2. The van der Waals surface area contributed by atoms with Gasteiger partial charge in [0, 0.05) is 30.9 Å². The summed E-state index contributed by atoms with van der Waals surface area (Å²) in [6, 6.07) is 14.9. The van der Waals surface area contributed by atoms with E-state index in [1.165, 1.54) is 18.2 Å². The molecule has 0 bridgehead atoms. The Morgan fingerprint density at radius 2 is 1.82 bits per heavy atom. The number of carboxylic acid groups (broad SMARTS) is 1. The Hall–Kier alpha value is -3.85. The lowest BCUT2D eigenvalue weighted by molar-refractivity contribution is 0.0696. The Labute approximate surface area is 190 Å². The van der Waals surface area contributed by atoms with Gasteiger partial charge in [0.25, 0.3) is 5.56 Å². The van der Waals surface area contributed by atoms with Crippen LogP contribution in [-0.2, 0) is 13.1 Å². The third-order valence-electron chi connectivity index (χ3n) is 5.94. The first-order valence-electron chi connectivity index (χ1n) is 10.8. The maximum absolute atomic E-state index is 13.6. The monoisotopic (exact) mass is 449 g/mol. The zero-order valence-corrected chi connectivity index (χ0v) is 18.2. The summed E-state index contributed by atoms with van der Waals surface area (Å²) < 4.78 is 2.67. The number of hydrogen-bond donors (Lipinski definition) is 3. The number of nitrogen functional groups attached to an aromatic ring is 1. The highest BCUT2D eigenvalue weighted by Crippen LogP contribution is 2.20. The van der Waals surface area contributed by atoms with E-state index in [0.29, 0.717) is 30.2 Å². The Kier molecular flexibility index (Phi) is 6.32. The average Bonchev–Trinajstić information content (AvgIpc) is 2.79. The first-order chi connectivity index (χ1) is 15.8. The van der Waals surface area contributed by atoms with Crippen LogP contribution in [0, 0.1) is 0 Å². The van der Waals surface area contributed by atoms with E-state index in [-0.39, 0.29) is 24.7 Å². The minimum atomic E-state index is -1.07. The topological polar surface area (TPSA) is 137 Å². The van der Waals surface area contributed by atoms with Gasteiger partial charge in [0.05, 0.1) is 18.7 Å². The van der Waals surface area contributed by atoms with Gasteiger partial charge in [0.2, 0.25) is 0 Å². The van der Waals surface area contributed by atoms with E-state index >= 15 is 0 Å². The van der Waals surface area contributed by atoms with Gasteiger partial charge in [-0.1, -0.05) is 30.3 Å². The van der Waals surface area contributed by atoms with Gasteiger partial charge in [-0.15, -0.1) is 0 Å². The summed E-state index contributed by atoms with van der Waals surface area (Å²) in [5, 5.41) is 9.26. The highest BCUT2D eigenvalue weighted by molar-refractivity contribution is 5.87. The largest absolute Gasteiger partial charge is 0.478 e. The SMILES string of the molecule is Nc1ccccc1Cn1c(N2CCC[C@@H](N)C2)cc(=O)n(Cc2cccc(C(=O)O)c2)c1=O. The summed E-state index contributed by atoms with van der Waals surface area (Å²) in [5.41, 5.74) is 13.3. The minimum absolute atomic E-state index is 0.0368. The fraction of sp³-hybridized carbons (Fsp3) is 0.292. The molecule has 0 spiro atoms. The van der Waals surface area contributed by atoms with Gasteiger partial charge in [0.15, 0.2) is 0 Å². The maximum Gasteiger partial charge on any atom is 0.335 e. The van der Waals surface area contributed by atoms with Crippen molar-refractivity contribution in [2.75, 3.05) is 23.7 Å². The van der Waals surface area contributed by atoms with E-state index in [2.05, 4.69) is 0 Å². The Bertz CT molecular complexity index is 1300. The molecule has 1 aliphatic rings. The van der Waals surface area contributed by atoms with Gasteiger partial charge in [-0.2, -0.15) is 0 Å². The number of para-hydroxylation sites is 1. The fourth-order valence-corrected chi connectivity index (χ4v) is 4.21. The van der Waals surface area contributed by atoms with E-state index in [9.17, 15) is 19.5 Å². The lowest BCUT2D eigenvalue weighted by Gasteiger charge is -2.34. The second kappa shape index (κ2) is 9.33. The molecule has 33 heavy (non-hydrogen) atoms. The van der Waals surface area contributed by atoms with Crippen molar-refractivity contribution < 1.29 is 9.90 Å².